The van der Waals surface area contributed by atoms with E-state index >= 15 is 0 Å². The Kier molecular flexibility index (Phi) is 2.86. The van der Waals surface area contributed by atoms with Gasteiger partial charge < -0.3 is 9.30 Å². The van der Waals surface area contributed by atoms with Crippen LogP contribution in [0.5, 0.6) is 0 Å². The van der Waals surface area contributed by atoms with Gasteiger partial charge in [-0.25, -0.2) is 4.79 Å². The van der Waals surface area contributed by atoms with Gasteiger partial charge in [-0.1, -0.05) is 6.58 Å². The molecule has 0 aliphatic carbocycles. The summed E-state index contributed by atoms with van der Waals surface area (Å²) in [4.78, 5) is 22.4. The molecule has 0 atom stereocenters. The fourth-order valence-corrected chi connectivity index (χ4v) is 1.17. The number of carbonyl (C=O) groups is 2. The molecule has 0 radical (unpaired) electrons. The first-order valence-electron chi connectivity index (χ1n) is 4.02. The minimum Gasteiger partial charge on any atom is -0.464 e. The van der Waals surface area contributed by atoms with E-state index in [1.165, 1.54) is 17.8 Å². The van der Waals surface area contributed by atoms with Crippen LogP contribution in [0.3, 0.4) is 0 Å². The van der Waals surface area contributed by atoms with Gasteiger partial charge in [0.2, 0.25) is 5.78 Å². The topological polar surface area (TPSA) is 48.3 Å². The summed E-state index contributed by atoms with van der Waals surface area (Å²) >= 11 is 0. The maximum absolute atomic E-state index is 11.3. The summed E-state index contributed by atoms with van der Waals surface area (Å²) in [6.45, 7) is 3.37. The zero-order valence-corrected chi connectivity index (χ0v) is 8.11. The van der Waals surface area contributed by atoms with Crippen molar-refractivity contribution in [1.82, 2.24) is 4.57 Å². The highest BCUT2D eigenvalue weighted by atomic mass is 16.5. The van der Waals surface area contributed by atoms with Crippen LogP contribution in [-0.4, -0.2) is 23.4 Å². The molecule has 4 heteroatoms. The van der Waals surface area contributed by atoms with Gasteiger partial charge in [0, 0.05) is 7.05 Å². The lowest BCUT2D eigenvalue weighted by Crippen LogP contribution is -2.11. The average molecular weight is 193 g/mol. The standard InChI is InChI=1S/C10H11NO3/c1-4-9(12)7-5-6-8(11(7)2)10(13)14-3/h4-6H,1H2,2-3H3. The van der Waals surface area contributed by atoms with Crippen molar-refractivity contribution < 1.29 is 14.3 Å². The minimum absolute atomic E-state index is 0.220. The third kappa shape index (κ3) is 1.59. The van der Waals surface area contributed by atoms with E-state index in [4.69, 9.17) is 0 Å². The Bertz CT molecular complexity index is 390. The van der Waals surface area contributed by atoms with Gasteiger partial charge in [-0.05, 0) is 18.2 Å². The molecule has 14 heavy (non-hydrogen) atoms. The molecule has 4 nitrogen and oxygen atoms in total. The monoisotopic (exact) mass is 193 g/mol. The van der Waals surface area contributed by atoms with E-state index in [2.05, 4.69) is 11.3 Å². The van der Waals surface area contributed by atoms with Crippen molar-refractivity contribution in [2.45, 2.75) is 0 Å². The van der Waals surface area contributed by atoms with E-state index in [9.17, 15) is 9.59 Å². The molecule has 1 aromatic heterocycles. The average Bonchev–Trinajstić information content (AvgIpc) is 2.58. The molecule has 0 unspecified atom stereocenters. The summed E-state index contributed by atoms with van der Waals surface area (Å²) < 4.78 is 6.03. The number of ketones is 1. The van der Waals surface area contributed by atoms with Crippen molar-refractivity contribution in [1.29, 1.82) is 0 Å². The van der Waals surface area contributed by atoms with E-state index in [0.29, 0.717) is 11.4 Å². The van der Waals surface area contributed by atoms with E-state index in [0.717, 1.165) is 0 Å². The smallest absolute Gasteiger partial charge is 0.354 e. The Morgan fingerprint density at radius 3 is 2.50 bits per heavy atom. The Labute approximate surface area is 81.8 Å². The van der Waals surface area contributed by atoms with Crippen LogP contribution in [0.25, 0.3) is 0 Å². The summed E-state index contributed by atoms with van der Waals surface area (Å²) in [5, 5.41) is 0. The first-order chi connectivity index (χ1) is 6.61. The first-order valence-corrected chi connectivity index (χ1v) is 4.02. The number of ether oxygens (including phenoxy) is 1. The van der Waals surface area contributed by atoms with Crippen LogP contribution in [0.4, 0.5) is 0 Å². The van der Waals surface area contributed by atoms with Gasteiger partial charge in [-0.15, -0.1) is 0 Å². The maximum atomic E-state index is 11.3. The second-order valence-corrected chi connectivity index (χ2v) is 2.72. The molecule has 0 aromatic carbocycles. The number of methoxy groups -OCH3 is 1. The number of rotatable bonds is 3. The van der Waals surface area contributed by atoms with Crippen molar-refractivity contribution in [3.63, 3.8) is 0 Å². The maximum Gasteiger partial charge on any atom is 0.354 e. The number of nitrogens with zero attached hydrogens (tertiary/aromatic N) is 1. The largest absolute Gasteiger partial charge is 0.464 e. The van der Waals surface area contributed by atoms with Gasteiger partial charge in [0.15, 0.2) is 0 Å². The van der Waals surface area contributed by atoms with Crippen molar-refractivity contribution >= 4 is 11.8 Å². The lowest BCUT2D eigenvalue weighted by atomic mass is 10.3. The van der Waals surface area contributed by atoms with Gasteiger partial charge in [-0.3, -0.25) is 4.79 Å². The number of hydrogen-bond donors (Lipinski definition) is 0. The number of allylic oxidation sites excluding steroid dienone is 1. The van der Waals surface area contributed by atoms with Crippen molar-refractivity contribution in [3.05, 3.63) is 36.2 Å². The molecule has 1 rings (SSSR count). The van der Waals surface area contributed by atoms with Gasteiger partial charge in [-0.2, -0.15) is 0 Å². The van der Waals surface area contributed by atoms with Gasteiger partial charge in [0.25, 0.3) is 0 Å². The third-order valence-corrected chi connectivity index (χ3v) is 1.95. The van der Waals surface area contributed by atoms with Crippen LogP contribution in [0.15, 0.2) is 24.8 Å². The molecule has 0 aliphatic rings. The summed E-state index contributed by atoms with van der Waals surface area (Å²) in [6, 6.07) is 3.11. The van der Waals surface area contributed by atoms with E-state index in [1.807, 2.05) is 0 Å². The lowest BCUT2D eigenvalue weighted by molar-refractivity contribution is 0.0590. The summed E-state index contributed by atoms with van der Waals surface area (Å²) in [6.07, 6.45) is 1.20. The van der Waals surface area contributed by atoms with Crippen LogP contribution < -0.4 is 0 Å². The molecule has 0 spiro atoms. The zero-order chi connectivity index (χ0) is 10.7. The fraction of sp³-hybridized carbons (Fsp3) is 0.200. The molecule has 0 saturated heterocycles. The van der Waals surface area contributed by atoms with Gasteiger partial charge in [0.05, 0.1) is 12.8 Å². The fourth-order valence-electron chi connectivity index (χ4n) is 1.17. The number of carbonyl (C=O) groups excluding carboxylic acids is 2. The normalized spacial score (nSPS) is 9.57. The van der Waals surface area contributed by atoms with Gasteiger partial charge in [0.1, 0.15) is 5.69 Å². The highest BCUT2D eigenvalue weighted by Crippen LogP contribution is 2.09. The Morgan fingerprint density at radius 2 is 2.00 bits per heavy atom. The van der Waals surface area contributed by atoms with E-state index in [-0.39, 0.29) is 5.78 Å². The van der Waals surface area contributed by atoms with Crippen molar-refractivity contribution in [2.75, 3.05) is 7.11 Å². The predicted molar refractivity (Wildman–Crippen MR) is 51.3 cm³/mol. The van der Waals surface area contributed by atoms with Crippen LogP contribution >= 0.6 is 0 Å². The highest BCUT2D eigenvalue weighted by molar-refractivity contribution is 6.04. The van der Waals surface area contributed by atoms with Crippen molar-refractivity contribution in [2.24, 2.45) is 7.05 Å². The molecule has 0 saturated carbocycles. The van der Waals surface area contributed by atoms with Crippen molar-refractivity contribution in [3.8, 4) is 0 Å². The molecular formula is C10H11NO3. The first kappa shape index (κ1) is 10.2. The third-order valence-electron chi connectivity index (χ3n) is 1.95. The Morgan fingerprint density at radius 1 is 1.43 bits per heavy atom. The Hall–Kier alpha value is -1.84. The highest BCUT2D eigenvalue weighted by Gasteiger charge is 2.15. The van der Waals surface area contributed by atoms with E-state index < -0.39 is 5.97 Å². The second kappa shape index (κ2) is 3.91. The molecule has 1 heterocycles. The number of aromatic nitrogens is 1. The summed E-state index contributed by atoms with van der Waals surface area (Å²) in [7, 11) is 2.92. The lowest BCUT2D eigenvalue weighted by Gasteiger charge is -2.03. The second-order valence-electron chi connectivity index (χ2n) is 2.72. The predicted octanol–water partition coefficient (Wildman–Crippen LogP) is 1.18. The summed E-state index contributed by atoms with van der Waals surface area (Å²) in [5.74, 6) is -0.682. The molecular weight excluding hydrogens is 182 g/mol. The molecule has 0 fully saturated rings. The molecule has 1 aromatic rings. The zero-order valence-electron chi connectivity index (χ0n) is 8.11. The van der Waals surface area contributed by atoms with Gasteiger partial charge >= 0.3 is 5.97 Å². The van der Waals surface area contributed by atoms with Crippen LogP contribution in [0, 0.1) is 0 Å². The van der Waals surface area contributed by atoms with E-state index in [1.54, 1.807) is 19.2 Å². The number of hydrogen-bond acceptors (Lipinski definition) is 3. The molecule has 0 aliphatic heterocycles. The molecule has 74 valence electrons. The Balaban J connectivity index is 3.14. The molecule has 0 bridgehead atoms. The van der Waals surface area contributed by atoms with Crippen LogP contribution in [0.1, 0.15) is 21.0 Å². The quantitative estimate of drug-likeness (QED) is 0.411. The minimum atomic E-state index is -0.462. The molecule has 0 N–H and O–H groups in total. The van der Waals surface area contributed by atoms with Crippen LogP contribution in [-0.2, 0) is 11.8 Å². The van der Waals surface area contributed by atoms with Crippen LogP contribution in [0.2, 0.25) is 0 Å². The SMILES string of the molecule is C=CC(=O)c1ccc(C(=O)OC)n1C. The summed E-state index contributed by atoms with van der Waals surface area (Å²) in [5.41, 5.74) is 0.762. The number of esters is 1. The molecule has 0 amide bonds.